The third kappa shape index (κ3) is 14.6. The summed E-state index contributed by atoms with van der Waals surface area (Å²) < 4.78 is 0. The zero-order valence-electron chi connectivity index (χ0n) is 19.3. The second kappa shape index (κ2) is 19.9. The van der Waals surface area contributed by atoms with Gasteiger partial charge in [0.25, 0.3) is 0 Å². The topological polar surface area (TPSA) is 27.3 Å². The van der Waals surface area contributed by atoms with E-state index in [9.17, 15) is 0 Å². The van der Waals surface area contributed by atoms with Crippen molar-refractivity contribution < 1.29 is 0 Å². The van der Waals surface area contributed by atoms with Crippen LogP contribution in [-0.4, -0.2) is 43.8 Å². The van der Waals surface area contributed by atoms with Crippen LogP contribution in [-0.2, 0) is 0 Å². The maximum absolute atomic E-state index is 3.76. The van der Waals surface area contributed by atoms with Crippen LogP contribution < -0.4 is 10.6 Å². The summed E-state index contributed by atoms with van der Waals surface area (Å²) in [5, 5.41) is 7.28. The smallest absolute Gasteiger partial charge is 0.0726 e. The van der Waals surface area contributed by atoms with Crippen molar-refractivity contribution in [3.8, 4) is 0 Å². The van der Waals surface area contributed by atoms with E-state index in [2.05, 4.69) is 41.5 Å². The van der Waals surface area contributed by atoms with Gasteiger partial charge in [0.1, 0.15) is 0 Å². The lowest BCUT2D eigenvalue weighted by atomic mass is 10.1. The molecule has 0 aromatic heterocycles. The monoisotopic (exact) mass is 393 g/mol. The molecule has 3 heteroatoms. The van der Waals surface area contributed by atoms with Gasteiger partial charge in [0.2, 0.25) is 0 Å². The maximum Gasteiger partial charge on any atom is 0.0726 e. The van der Waals surface area contributed by atoms with Gasteiger partial charge >= 0.3 is 0 Å². The van der Waals surface area contributed by atoms with E-state index >= 15 is 0 Å². The number of allylic oxidation sites excluding steroid dienone is 2. The van der Waals surface area contributed by atoms with E-state index in [-0.39, 0.29) is 0 Å². The molecule has 1 saturated heterocycles. The molecule has 1 atom stereocenters. The fourth-order valence-electron chi connectivity index (χ4n) is 4.14. The summed E-state index contributed by atoms with van der Waals surface area (Å²) in [6.45, 7) is 10.4. The first-order valence-electron chi connectivity index (χ1n) is 12.7. The van der Waals surface area contributed by atoms with Crippen molar-refractivity contribution in [1.82, 2.24) is 15.5 Å². The molecule has 1 heterocycles. The minimum atomic E-state index is 0.553. The zero-order chi connectivity index (χ0) is 20.1. The lowest BCUT2D eigenvalue weighted by Crippen LogP contribution is -2.58. The van der Waals surface area contributed by atoms with E-state index < -0.39 is 0 Å². The molecule has 2 N–H and O–H groups in total. The molecule has 28 heavy (non-hydrogen) atoms. The van der Waals surface area contributed by atoms with Crippen LogP contribution in [0.15, 0.2) is 12.2 Å². The summed E-state index contributed by atoms with van der Waals surface area (Å²) in [6.07, 6.45) is 26.0. The Bertz CT molecular complexity index is 341. The fourth-order valence-corrected chi connectivity index (χ4v) is 4.14. The van der Waals surface area contributed by atoms with Crippen LogP contribution in [0.1, 0.15) is 110 Å². The third-order valence-electron chi connectivity index (χ3n) is 5.93. The number of nitrogens with one attached hydrogen (secondary N) is 2. The Hall–Kier alpha value is -0.380. The molecule has 0 amide bonds. The van der Waals surface area contributed by atoms with E-state index in [0.717, 1.165) is 13.1 Å². The van der Waals surface area contributed by atoms with Gasteiger partial charge in [0, 0.05) is 19.6 Å². The molecular weight excluding hydrogens is 342 g/mol. The molecule has 1 aliphatic rings. The first-order chi connectivity index (χ1) is 13.9. The minimum absolute atomic E-state index is 0.553. The first kappa shape index (κ1) is 25.7. The standard InChI is InChI=1S/C25H51N3/c1-3-5-6-7-8-9-10-11-12-13-14-15-16-17-18-19-20-27-25-24-26-21-23-28(25)22-4-2/h11-12,25-27H,3-10,13-24H2,1-2H3/b12-11-. The third-order valence-corrected chi connectivity index (χ3v) is 5.93. The average Bonchev–Trinajstić information content (AvgIpc) is 2.71. The minimum Gasteiger partial charge on any atom is -0.313 e. The van der Waals surface area contributed by atoms with Gasteiger partial charge in [-0.2, -0.15) is 0 Å². The Balaban J connectivity index is 1.81. The van der Waals surface area contributed by atoms with Crippen molar-refractivity contribution in [2.75, 3.05) is 32.7 Å². The molecule has 166 valence electrons. The summed E-state index contributed by atoms with van der Waals surface area (Å²) in [6, 6.07) is 0. The van der Waals surface area contributed by atoms with E-state index in [0.29, 0.717) is 6.17 Å². The van der Waals surface area contributed by atoms with Gasteiger partial charge < -0.3 is 10.6 Å². The van der Waals surface area contributed by atoms with Crippen molar-refractivity contribution in [2.45, 2.75) is 116 Å². The summed E-state index contributed by atoms with van der Waals surface area (Å²) >= 11 is 0. The molecule has 1 fully saturated rings. The van der Waals surface area contributed by atoms with Gasteiger partial charge in [0.05, 0.1) is 6.17 Å². The van der Waals surface area contributed by atoms with Gasteiger partial charge in [-0.1, -0.05) is 83.8 Å². The van der Waals surface area contributed by atoms with Crippen molar-refractivity contribution in [3.05, 3.63) is 12.2 Å². The fraction of sp³-hybridized carbons (Fsp3) is 0.920. The van der Waals surface area contributed by atoms with E-state index in [1.54, 1.807) is 0 Å². The van der Waals surface area contributed by atoms with Crippen molar-refractivity contribution >= 4 is 0 Å². The van der Waals surface area contributed by atoms with Crippen LogP contribution in [0.4, 0.5) is 0 Å². The van der Waals surface area contributed by atoms with Crippen LogP contribution in [0.2, 0.25) is 0 Å². The molecule has 0 bridgehead atoms. The van der Waals surface area contributed by atoms with E-state index in [1.807, 2.05) is 0 Å². The molecule has 3 nitrogen and oxygen atoms in total. The van der Waals surface area contributed by atoms with Crippen LogP contribution in [0.5, 0.6) is 0 Å². The Morgan fingerprint density at radius 2 is 1.39 bits per heavy atom. The Morgan fingerprint density at radius 1 is 0.786 bits per heavy atom. The number of piperazine rings is 1. The highest BCUT2D eigenvalue weighted by Crippen LogP contribution is 2.10. The maximum atomic E-state index is 3.76. The summed E-state index contributed by atoms with van der Waals surface area (Å²) in [5.74, 6) is 0. The Morgan fingerprint density at radius 3 is 2.04 bits per heavy atom. The first-order valence-corrected chi connectivity index (χ1v) is 12.7. The second-order valence-electron chi connectivity index (χ2n) is 8.65. The molecular formula is C25H51N3. The van der Waals surface area contributed by atoms with Crippen molar-refractivity contribution in [1.29, 1.82) is 0 Å². The van der Waals surface area contributed by atoms with Crippen LogP contribution in [0, 0.1) is 0 Å². The number of rotatable bonds is 19. The highest BCUT2D eigenvalue weighted by Gasteiger charge is 2.19. The van der Waals surface area contributed by atoms with Crippen LogP contribution in [0.25, 0.3) is 0 Å². The van der Waals surface area contributed by atoms with Gasteiger partial charge in [-0.05, 0) is 51.6 Å². The predicted octanol–water partition coefficient (Wildman–Crippen LogP) is 6.25. The highest BCUT2D eigenvalue weighted by molar-refractivity contribution is 4.81. The van der Waals surface area contributed by atoms with Crippen LogP contribution >= 0.6 is 0 Å². The SMILES string of the molecule is CCCCCCCC/C=C\CCCCCCCCNC1CNCCN1CCC. The molecule has 0 aromatic rings. The second-order valence-corrected chi connectivity index (χ2v) is 8.65. The highest BCUT2D eigenvalue weighted by atomic mass is 15.3. The largest absolute Gasteiger partial charge is 0.313 e. The molecule has 0 saturated carbocycles. The number of hydrogen-bond donors (Lipinski definition) is 2. The summed E-state index contributed by atoms with van der Waals surface area (Å²) in [4.78, 5) is 2.61. The van der Waals surface area contributed by atoms with Crippen molar-refractivity contribution in [2.24, 2.45) is 0 Å². The zero-order valence-corrected chi connectivity index (χ0v) is 19.3. The molecule has 1 unspecified atom stereocenters. The Labute approximate surface area is 177 Å². The van der Waals surface area contributed by atoms with Crippen molar-refractivity contribution in [3.63, 3.8) is 0 Å². The van der Waals surface area contributed by atoms with E-state index in [1.165, 1.54) is 116 Å². The number of nitrogens with zero attached hydrogens (tertiary/aromatic N) is 1. The average molecular weight is 394 g/mol. The molecule has 0 aliphatic carbocycles. The lowest BCUT2D eigenvalue weighted by Gasteiger charge is -2.36. The molecule has 0 aromatic carbocycles. The van der Waals surface area contributed by atoms with Gasteiger partial charge in [-0.3, -0.25) is 4.90 Å². The Kier molecular flexibility index (Phi) is 18.2. The van der Waals surface area contributed by atoms with E-state index in [4.69, 9.17) is 0 Å². The normalized spacial score (nSPS) is 18.3. The van der Waals surface area contributed by atoms with Gasteiger partial charge in [0.15, 0.2) is 0 Å². The molecule has 0 radical (unpaired) electrons. The summed E-state index contributed by atoms with van der Waals surface area (Å²) in [7, 11) is 0. The lowest BCUT2D eigenvalue weighted by molar-refractivity contribution is 0.133. The van der Waals surface area contributed by atoms with Gasteiger partial charge in [-0.15, -0.1) is 0 Å². The quantitative estimate of drug-likeness (QED) is 0.200. The van der Waals surface area contributed by atoms with Crippen LogP contribution in [0.3, 0.4) is 0 Å². The number of unbranched alkanes of at least 4 members (excludes halogenated alkanes) is 12. The predicted molar refractivity (Wildman–Crippen MR) is 126 cm³/mol. The number of hydrogen-bond acceptors (Lipinski definition) is 3. The van der Waals surface area contributed by atoms with Gasteiger partial charge in [-0.25, -0.2) is 0 Å². The summed E-state index contributed by atoms with van der Waals surface area (Å²) in [5.41, 5.74) is 0. The molecule has 1 aliphatic heterocycles. The molecule has 0 spiro atoms. The molecule has 1 rings (SSSR count).